The number of carbonyl (C=O) groups is 2. The summed E-state index contributed by atoms with van der Waals surface area (Å²) in [6.45, 7) is 1.66. The van der Waals surface area contributed by atoms with Crippen molar-refractivity contribution < 1.29 is 14.3 Å². The van der Waals surface area contributed by atoms with Crippen molar-refractivity contribution in [2.75, 3.05) is 7.11 Å². The first-order chi connectivity index (χ1) is 16.5. The smallest absolute Gasteiger partial charge is 0.346 e. The fraction of sp³-hybridized carbons (Fsp3) is 0.120. The van der Waals surface area contributed by atoms with Crippen molar-refractivity contribution in [3.8, 4) is 22.0 Å². The van der Waals surface area contributed by atoms with Crippen molar-refractivity contribution in [3.63, 3.8) is 0 Å². The first-order valence-corrected chi connectivity index (χ1v) is 11.4. The van der Waals surface area contributed by atoms with Gasteiger partial charge >= 0.3 is 6.03 Å². The van der Waals surface area contributed by atoms with E-state index in [1.807, 2.05) is 54.0 Å². The number of aromatic nitrogens is 2. The topological polar surface area (TPSA) is 88.8 Å². The highest BCUT2D eigenvalue weighted by Crippen LogP contribution is 2.31. The average molecular weight is 472 g/mol. The van der Waals surface area contributed by atoms with Crippen LogP contribution in [-0.2, 0) is 10.3 Å². The Hall–Kier alpha value is -4.24. The van der Waals surface area contributed by atoms with E-state index < -0.39 is 17.5 Å². The molecule has 170 valence electrons. The van der Waals surface area contributed by atoms with E-state index in [0.29, 0.717) is 22.6 Å². The third kappa shape index (κ3) is 3.75. The van der Waals surface area contributed by atoms with Crippen molar-refractivity contribution in [2.45, 2.75) is 12.5 Å². The molecule has 1 aliphatic heterocycles. The van der Waals surface area contributed by atoms with Gasteiger partial charge in [0.1, 0.15) is 17.0 Å². The number of methoxy groups -OCH3 is 1. The summed E-state index contributed by atoms with van der Waals surface area (Å²) < 4.78 is 6.94. The summed E-state index contributed by atoms with van der Waals surface area (Å²) >= 11 is 1.55. The second-order valence-corrected chi connectivity index (χ2v) is 8.78. The lowest BCUT2D eigenvalue weighted by molar-refractivity contribution is -0.131. The fourth-order valence-electron chi connectivity index (χ4n) is 3.77. The molecule has 3 amide bonds. The van der Waals surface area contributed by atoms with Crippen LogP contribution in [0.1, 0.15) is 18.1 Å². The lowest BCUT2D eigenvalue weighted by Crippen LogP contribution is -2.40. The van der Waals surface area contributed by atoms with Gasteiger partial charge in [-0.15, -0.1) is 16.3 Å². The van der Waals surface area contributed by atoms with Crippen LogP contribution >= 0.6 is 11.3 Å². The van der Waals surface area contributed by atoms with Crippen LogP contribution in [-0.4, -0.2) is 40.1 Å². The molecule has 5 rings (SSSR count). The van der Waals surface area contributed by atoms with E-state index in [4.69, 9.17) is 9.84 Å². The lowest BCUT2D eigenvalue weighted by atomic mass is 9.92. The number of urea groups is 1. The van der Waals surface area contributed by atoms with Crippen LogP contribution in [0, 0.1) is 0 Å². The molecule has 1 N–H and O–H groups in total. The van der Waals surface area contributed by atoms with Gasteiger partial charge in [0.15, 0.2) is 0 Å². The highest BCUT2D eigenvalue weighted by molar-refractivity contribution is 7.13. The Morgan fingerprint density at radius 1 is 1.06 bits per heavy atom. The SMILES string of the molecule is COc1ccc(C2(C)NC(=O)N(N=Cc3cn(-c4ccccc4)nc3-c3cccs3)C2=O)cc1. The van der Waals surface area contributed by atoms with Gasteiger partial charge in [-0.05, 0) is 48.2 Å². The van der Waals surface area contributed by atoms with Gasteiger partial charge < -0.3 is 10.1 Å². The quantitative estimate of drug-likeness (QED) is 0.333. The largest absolute Gasteiger partial charge is 0.497 e. The molecule has 8 nitrogen and oxygen atoms in total. The first-order valence-electron chi connectivity index (χ1n) is 10.5. The average Bonchev–Trinajstić information content (AvgIpc) is 3.58. The zero-order chi connectivity index (χ0) is 23.7. The zero-order valence-corrected chi connectivity index (χ0v) is 19.3. The minimum absolute atomic E-state index is 0.466. The molecular weight excluding hydrogens is 450 g/mol. The Labute approximate surface area is 200 Å². The van der Waals surface area contributed by atoms with E-state index in [2.05, 4.69) is 10.4 Å². The third-order valence-electron chi connectivity index (χ3n) is 5.67. The van der Waals surface area contributed by atoms with Gasteiger partial charge in [-0.2, -0.15) is 10.2 Å². The molecule has 0 bridgehead atoms. The maximum absolute atomic E-state index is 13.2. The minimum atomic E-state index is -1.23. The van der Waals surface area contributed by atoms with Crippen LogP contribution in [0.4, 0.5) is 4.79 Å². The summed E-state index contributed by atoms with van der Waals surface area (Å²) in [5.41, 5.74) is 1.70. The number of thiophene rings is 1. The number of hydrogen-bond acceptors (Lipinski definition) is 6. The molecule has 34 heavy (non-hydrogen) atoms. The molecular formula is C25H21N5O3S. The molecule has 3 heterocycles. The van der Waals surface area contributed by atoms with E-state index in [9.17, 15) is 9.59 Å². The Kier molecular flexibility index (Phi) is 5.46. The maximum atomic E-state index is 13.2. The summed E-state index contributed by atoms with van der Waals surface area (Å²) in [4.78, 5) is 26.9. The van der Waals surface area contributed by atoms with Crippen LogP contribution in [0.5, 0.6) is 5.75 Å². The van der Waals surface area contributed by atoms with Gasteiger partial charge in [-0.1, -0.05) is 36.4 Å². The molecule has 0 aliphatic carbocycles. The molecule has 4 aromatic rings. The monoisotopic (exact) mass is 471 g/mol. The Morgan fingerprint density at radius 3 is 2.50 bits per heavy atom. The summed E-state index contributed by atoms with van der Waals surface area (Å²) in [7, 11) is 1.57. The van der Waals surface area contributed by atoms with Crippen LogP contribution in [0.2, 0.25) is 0 Å². The third-order valence-corrected chi connectivity index (χ3v) is 6.54. The van der Waals surface area contributed by atoms with Gasteiger partial charge in [-0.3, -0.25) is 4.79 Å². The number of hydrogen-bond donors (Lipinski definition) is 1. The molecule has 0 saturated carbocycles. The summed E-state index contributed by atoms with van der Waals surface area (Å²) in [6, 6.07) is 20.0. The van der Waals surface area contributed by atoms with E-state index in [1.165, 1.54) is 6.21 Å². The second kappa shape index (κ2) is 8.60. The first kappa shape index (κ1) is 21.6. The van der Waals surface area contributed by atoms with Crippen LogP contribution in [0.3, 0.4) is 0 Å². The van der Waals surface area contributed by atoms with Crippen molar-refractivity contribution in [2.24, 2.45) is 5.10 Å². The number of imide groups is 1. The molecule has 1 aliphatic rings. The number of amides is 3. The number of nitrogens with one attached hydrogen (secondary N) is 1. The molecule has 1 unspecified atom stereocenters. The van der Waals surface area contributed by atoms with Gasteiger partial charge in [0.25, 0.3) is 5.91 Å². The van der Waals surface area contributed by atoms with E-state index in [1.54, 1.807) is 54.3 Å². The zero-order valence-electron chi connectivity index (χ0n) is 18.5. The number of para-hydroxylation sites is 1. The molecule has 0 radical (unpaired) electrons. The normalized spacial score (nSPS) is 18.0. The lowest BCUT2D eigenvalue weighted by Gasteiger charge is -2.21. The number of nitrogens with zero attached hydrogens (tertiary/aromatic N) is 4. The van der Waals surface area contributed by atoms with Crippen molar-refractivity contribution in [3.05, 3.63) is 89.4 Å². The Morgan fingerprint density at radius 2 is 1.82 bits per heavy atom. The minimum Gasteiger partial charge on any atom is -0.497 e. The van der Waals surface area contributed by atoms with Crippen molar-refractivity contribution in [1.82, 2.24) is 20.1 Å². The predicted molar refractivity (Wildman–Crippen MR) is 130 cm³/mol. The van der Waals surface area contributed by atoms with Crippen LogP contribution in [0.15, 0.2) is 83.4 Å². The van der Waals surface area contributed by atoms with Crippen molar-refractivity contribution >= 4 is 29.5 Å². The van der Waals surface area contributed by atoms with Gasteiger partial charge in [0.05, 0.1) is 23.9 Å². The number of benzene rings is 2. The van der Waals surface area contributed by atoms with E-state index in [0.717, 1.165) is 15.6 Å². The van der Waals surface area contributed by atoms with Crippen LogP contribution in [0.25, 0.3) is 16.3 Å². The highest BCUT2D eigenvalue weighted by Gasteiger charge is 2.49. The van der Waals surface area contributed by atoms with Crippen LogP contribution < -0.4 is 10.1 Å². The Balaban J connectivity index is 1.47. The second-order valence-electron chi connectivity index (χ2n) is 7.84. The number of ether oxygens (including phenoxy) is 1. The number of rotatable bonds is 6. The molecule has 0 spiro atoms. The molecule has 2 aromatic heterocycles. The van der Waals surface area contributed by atoms with Gasteiger partial charge in [0, 0.05) is 11.8 Å². The number of hydrazone groups is 1. The van der Waals surface area contributed by atoms with Gasteiger partial charge in [-0.25, -0.2) is 9.48 Å². The predicted octanol–water partition coefficient (Wildman–Crippen LogP) is 4.41. The maximum Gasteiger partial charge on any atom is 0.346 e. The summed E-state index contributed by atoms with van der Waals surface area (Å²) in [5.74, 6) is 0.197. The highest BCUT2D eigenvalue weighted by atomic mass is 32.1. The summed E-state index contributed by atoms with van der Waals surface area (Å²) in [5, 5.41) is 14.6. The summed E-state index contributed by atoms with van der Waals surface area (Å²) in [6.07, 6.45) is 3.33. The van der Waals surface area contributed by atoms with Gasteiger partial charge in [0.2, 0.25) is 0 Å². The van der Waals surface area contributed by atoms with E-state index >= 15 is 0 Å². The molecule has 1 atom stereocenters. The molecule has 1 saturated heterocycles. The fourth-order valence-corrected chi connectivity index (χ4v) is 4.50. The molecule has 9 heteroatoms. The molecule has 1 fully saturated rings. The van der Waals surface area contributed by atoms with Crippen molar-refractivity contribution in [1.29, 1.82) is 0 Å². The molecule has 2 aromatic carbocycles. The number of carbonyl (C=O) groups excluding carboxylic acids is 2. The standard InChI is InChI=1S/C25H21N5O3S/c1-25(18-10-12-20(33-2)13-11-18)23(31)30(24(32)27-25)26-15-17-16-29(19-7-4-3-5-8-19)28-22(17)21-9-6-14-34-21/h3-16H,1-2H3,(H,27,32). The van der Waals surface area contributed by atoms with E-state index in [-0.39, 0.29) is 0 Å². The Bertz CT molecular complexity index is 1360.